The molecule has 3 rings (SSSR count). The maximum atomic E-state index is 13.1. The molecule has 0 radical (unpaired) electrons. The van der Waals surface area contributed by atoms with Gasteiger partial charge in [0.05, 0.1) is 0 Å². The zero-order valence-corrected chi connectivity index (χ0v) is 11.5. The summed E-state index contributed by atoms with van der Waals surface area (Å²) in [5.74, 6) is -0.160. The second kappa shape index (κ2) is 6.06. The molecule has 0 aliphatic carbocycles. The Bertz CT molecular complexity index is 595. The van der Waals surface area contributed by atoms with Gasteiger partial charge in [0, 0.05) is 18.8 Å². The fourth-order valence-corrected chi connectivity index (χ4v) is 2.71. The first-order valence-electron chi connectivity index (χ1n) is 7.13. The third-order valence-electron chi connectivity index (χ3n) is 3.73. The van der Waals surface area contributed by atoms with Crippen molar-refractivity contribution in [1.82, 2.24) is 5.32 Å². The zero-order valence-electron chi connectivity index (χ0n) is 11.5. The molecule has 0 aromatic heterocycles. The summed E-state index contributed by atoms with van der Waals surface area (Å²) < 4.78 is 13.1. The summed E-state index contributed by atoms with van der Waals surface area (Å²) >= 11 is 0. The summed E-state index contributed by atoms with van der Waals surface area (Å²) in [5, 5.41) is 6.88. The lowest BCUT2D eigenvalue weighted by molar-refractivity contribution is 0.622. The van der Waals surface area contributed by atoms with Crippen LogP contribution in [0, 0.1) is 5.82 Å². The molecule has 2 aromatic rings. The average molecular weight is 270 g/mol. The van der Waals surface area contributed by atoms with Crippen LogP contribution in [0.15, 0.2) is 42.5 Å². The number of hydrogen-bond acceptors (Lipinski definition) is 2. The van der Waals surface area contributed by atoms with Gasteiger partial charge in [0.15, 0.2) is 0 Å². The number of anilines is 1. The van der Waals surface area contributed by atoms with Crippen molar-refractivity contribution in [3.8, 4) is 0 Å². The second-order valence-corrected chi connectivity index (χ2v) is 5.18. The minimum absolute atomic E-state index is 0.160. The molecule has 0 saturated carbocycles. The Kier molecular flexibility index (Phi) is 3.97. The lowest BCUT2D eigenvalue weighted by Crippen LogP contribution is -2.17. The number of fused-ring (bicyclic) bond motifs is 1. The molecule has 1 aliphatic rings. The van der Waals surface area contributed by atoms with Crippen molar-refractivity contribution < 1.29 is 4.39 Å². The summed E-state index contributed by atoms with van der Waals surface area (Å²) in [6, 6.07) is 13.3. The van der Waals surface area contributed by atoms with Crippen LogP contribution in [0.5, 0.6) is 0 Å². The van der Waals surface area contributed by atoms with Crippen LogP contribution in [-0.2, 0) is 19.4 Å². The summed E-state index contributed by atoms with van der Waals surface area (Å²) in [6.45, 7) is 2.74. The maximum absolute atomic E-state index is 13.1. The summed E-state index contributed by atoms with van der Waals surface area (Å²) in [6.07, 6.45) is 1.96. The van der Waals surface area contributed by atoms with Crippen molar-refractivity contribution in [3.63, 3.8) is 0 Å². The standard InChI is InChI=1S/C17H19FN2/c18-16-6-1-3-13(11-16)7-9-19-12-15-5-2-4-14-8-10-20-17(14)15/h1-6,11,19-20H,7-10,12H2. The minimum atomic E-state index is -0.160. The highest BCUT2D eigenvalue weighted by Crippen LogP contribution is 2.26. The number of nitrogens with one attached hydrogen (secondary N) is 2. The highest BCUT2D eigenvalue weighted by Gasteiger charge is 2.12. The summed E-state index contributed by atoms with van der Waals surface area (Å²) in [5.41, 5.74) is 5.06. The van der Waals surface area contributed by atoms with Crippen molar-refractivity contribution in [3.05, 3.63) is 65.0 Å². The fraction of sp³-hybridized carbons (Fsp3) is 0.294. The van der Waals surface area contributed by atoms with Gasteiger partial charge in [0.1, 0.15) is 5.82 Å². The molecule has 3 heteroatoms. The summed E-state index contributed by atoms with van der Waals surface area (Å²) in [4.78, 5) is 0. The van der Waals surface area contributed by atoms with Gasteiger partial charge >= 0.3 is 0 Å². The van der Waals surface area contributed by atoms with E-state index in [1.807, 2.05) is 6.07 Å². The van der Waals surface area contributed by atoms with E-state index in [2.05, 4.69) is 28.8 Å². The first-order chi connectivity index (χ1) is 9.83. The topological polar surface area (TPSA) is 24.1 Å². The Hall–Kier alpha value is -1.87. The normalized spacial score (nSPS) is 13.1. The molecular weight excluding hydrogens is 251 g/mol. The number of benzene rings is 2. The highest BCUT2D eigenvalue weighted by molar-refractivity contribution is 5.61. The maximum Gasteiger partial charge on any atom is 0.123 e. The van der Waals surface area contributed by atoms with Crippen LogP contribution in [0.4, 0.5) is 10.1 Å². The fourth-order valence-electron chi connectivity index (χ4n) is 2.71. The summed E-state index contributed by atoms with van der Waals surface area (Å²) in [7, 11) is 0. The van der Waals surface area contributed by atoms with Gasteiger partial charge in [-0.3, -0.25) is 0 Å². The van der Waals surface area contributed by atoms with Gasteiger partial charge in [-0.1, -0.05) is 30.3 Å². The Morgan fingerprint density at radius 1 is 1.15 bits per heavy atom. The van der Waals surface area contributed by atoms with Gasteiger partial charge < -0.3 is 10.6 Å². The van der Waals surface area contributed by atoms with E-state index in [9.17, 15) is 4.39 Å². The molecule has 104 valence electrons. The molecule has 0 bridgehead atoms. The van der Waals surface area contributed by atoms with E-state index in [-0.39, 0.29) is 5.82 Å². The molecule has 2 aromatic carbocycles. The van der Waals surface area contributed by atoms with Crippen LogP contribution >= 0.6 is 0 Å². The van der Waals surface area contributed by atoms with E-state index >= 15 is 0 Å². The van der Waals surface area contributed by atoms with Crippen LogP contribution in [0.25, 0.3) is 0 Å². The molecule has 0 atom stereocenters. The van der Waals surface area contributed by atoms with Crippen molar-refractivity contribution >= 4 is 5.69 Å². The first kappa shape index (κ1) is 13.1. The Balaban J connectivity index is 1.52. The van der Waals surface area contributed by atoms with E-state index < -0.39 is 0 Å². The highest BCUT2D eigenvalue weighted by atomic mass is 19.1. The monoisotopic (exact) mass is 270 g/mol. The zero-order chi connectivity index (χ0) is 13.8. The van der Waals surface area contributed by atoms with Gasteiger partial charge in [0.2, 0.25) is 0 Å². The third-order valence-corrected chi connectivity index (χ3v) is 3.73. The van der Waals surface area contributed by atoms with Crippen molar-refractivity contribution in [2.45, 2.75) is 19.4 Å². The Labute approximate surface area is 119 Å². The van der Waals surface area contributed by atoms with Crippen molar-refractivity contribution in [2.24, 2.45) is 0 Å². The van der Waals surface area contributed by atoms with Crippen LogP contribution in [-0.4, -0.2) is 13.1 Å². The van der Waals surface area contributed by atoms with Crippen molar-refractivity contribution in [1.29, 1.82) is 0 Å². The molecule has 0 spiro atoms. The van der Waals surface area contributed by atoms with Gasteiger partial charge in [-0.25, -0.2) is 4.39 Å². The average Bonchev–Trinajstić information content (AvgIpc) is 2.93. The molecule has 2 nitrogen and oxygen atoms in total. The molecule has 0 fully saturated rings. The van der Waals surface area contributed by atoms with Gasteiger partial charge in [-0.2, -0.15) is 0 Å². The van der Waals surface area contributed by atoms with Gasteiger partial charge in [0.25, 0.3) is 0 Å². The van der Waals surface area contributed by atoms with E-state index in [0.717, 1.165) is 38.0 Å². The number of hydrogen-bond donors (Lipinski definition) is 2. The smallest absolute Gasteiger partial charge is 0.123 e. The van der Waals surface area contributed by atoms with Crippen LogP contribution in [0.2, 0.25) is 0 Å². The largest absolute Gasteiger partial charge is 0.384 e. The molecule has 0 amide bonds. The Morgan fingerprint density at radius 2 is 2.05 bits per heavy atom. The van der Waals surface area contributed by atoms with E-state index in [1.54, 1.807) is 12.1 Å². The van der Waals surface area contributed by atoms with Gasteiger partial charge in [-0.15, -0.1) is 0 Å². The van der Waals surface area contributed by atoms with E-state index in [4.69, 9.17) is 0 Å². The lowest BCUT2D eigenvalue weighted by Gasteiger charge is -2.10. The molecule has 20 heavy (non-hydrogen) atoms. The molecule has 0 unspecified atom stereocenters. The lowest BCUT2D eigenvalue weighted by atomic mass is 10.1. The molecular formula is C17H19FN2. The molecule has 1 heterocycles. The number of rotatable bonds is 5. The molecule has 2 N–H and O–H groups in total. The van der Waals surface area contributed by atoms with Crippen LogP contribution in [0.3, 0.4) is 0 Å². The SMILES string of the molecule is Fc1cccc(CCNCc2cccc3c2NCC3)c1. The third kappa shape index (κ3) is 2.99. The number of halogens is 1. The number of para-hydroxylation sites is 1. The predicted molar refractivity (Wildman–Crippen MR) is 80.4 cm³/mol. The Morgan fingerprint density at radius 3 is 2.95 bits per heavy atom. The first-order valence-corrected chi connectivity index (χ1v) is 7.13. The second-order valence-electron chi connectivity index (χ2n) is 5.18. The van der Waals surface area contributed by atoms with Crippen LogP contribution < -0.4 is 10.6 Å². The van der Waals surface area contributed by atoms with Crippen LogP contribution in [0.1, 0.15) is 16.7 Å². The molecule has 1 aliphatic heterocycles. The van der Waals surface area contributed by atoms with E-state index in [0.29, 0.717) is 0 Å². The molecule has 0 saturated heterocycles. The predicted octanol–water partition coefficient (Wildman–Crippen LogP) is 3.13. The van der Waals surface area contributed by atoms with Gasteiger partial charge in [-0.05, 0) is 48.2 Å². The quantitative estimate of drug-likeness (QED) is 0.816. The van der Waals surface area contributed by atoms with E-state index in [1.165, 1.54) is 22.9 Å². The minimum Gasteiger partial charge on any atom is -0.384 e. The van der Waals surface area contributed by atoms with Crippen molar-refractivity contribution in [2.75, 3.05) is 18.4 Å².